The van der Waals surface area contributed by atoms with E-state index in [9.17, 15) is 5.11 Å². The van der Waals surface area contributed by atoms with Gasteiger partial charge in [0.25, 0.3) is 0 Å². The molecule has 0 radical (unpaired) electrons. The van der Waals surface area contributed by atoms with Gasteiger partial charge in [0.15, 0.2) is 0 Å². The maximum absolute atomic E-state index is 9.46. The molecule has 4 heteroatoms. The van der Waals surface area contributed by atoms with E-state index in [2.05, 4.69) is 10.0 Å². The molecule has 13 heavy (non-hydrogen) atoms. The zero-order valence-corrected chi connectivity index (χ0v) is 7.44. The van der Waals surface area contributed by atoms with Crippen molar-refractivity contribution in [3.8, 4) is 5.75 Å². The molecule has 0 bridgehead atoms. The van der Waals surface area contributed by atoms with Gasteiger partial charge in [-0.2, -0.15) is 0 Å². The van der Waals surface area contributed by atoms with Crippen LogP contribution in [0.1, 0.15) is 11.1 Å². The third-order valence-corrected chi connectivity index (χ3v) is 1.79. The molecule has 0 fully saturated rings. The molecule has 0 saturated heterocycles. The maximum atomic E-state index is 9.46. The molecular formula is C9H11N3O. The summed E-state index contributed by atoms with van der Waals surface area (Å²) in [5, 5.41) is 12.9. The van der Waals surface area contributed by atoms with E-state index in [1.807, 2.05) is 19.1 Å². The first-order valence-electron chi connectivity index (χ1n) is 4.03. The molecule has 0 unspecified atom stereocenters. The van der Waals surface area contributed by atoms with Crippen molar-refractivity contribution in [2.75, 3.05) is 6.54 Å². The van der Waals surface area contributed by atoms with E-state index in [1.165, 1.54) is 0 Å². The molecule has 0 amide bonds. The molecule has 1 N–H and O–H groups in total. The van der Waals surface area contributed by atoms with Gasteiger partial charge in [0.1, 0.15) is 5.75 Å². The first kappa shape index (κ1) is 9.42. The summed E-state index contributed by atoms with van der Waals surface area (Å²) in [7, 11) is 0. The minimum atomic E-state index is 0.271. The molecule has 1 rings (SSSR count). The minimum absolute atomic E-state index is 0.271. The summed E-state index contributed by atoms with van der Waals surface area (Å²) in [5.41, 5.74) is 9.89. The fourth-order valence-corrected chi connectivity index (χ4v) is 1.10. The van der Waals surface area contributed by atoms with Crippen LogP contribution in [0.3, 0.4) is 0 Å². The number of aryl methyl sites for hydroxylation is 1. The highest BCUT2D eigenvalue weighted by molar-refractivity contribution is 5.35. The molecule has 0 aliphatic rings. The average Bonchev–Trinajstić information content (AvgIpc) is 2.09. The molecule has 0 spiro atoms. The number of nitrogens with zero attached hydrogens (tertiary/aromatic N) is 3. The number of rotatable bonds is 3. The summed E-state index contributed by atoms with van der Waals surface area (Å²) in [4.78, 5) is 2.64. The van der Waals surface area contributed by atoms with Gasteiger partial charge in [-0.1, -0.05) is 17.2 Å². The van der Waals surface area contributed by atoms with Gasteiger partial charge in [0.2, 0.25) is 0 Å². The zero-order valence-electron chi connectivity index (χ0n) is 7.44. The topological polar surface area (TPSA) is 69.0 Å². The van der Waals surface area contributed by atoms with Crippen LogP contribution in [0, 0.1) is 6.92 Å². The molecule has 4 nitrogen and oxygen atoms in total. The molecule has 1 aromatic carbocycles. The van der Waals surface area contributed by atoms with Crippen molar-refractivity contribution in [1.29, 1.82) is 0 Å². The van der Waals surface area contributed by atoms with Gasteiger partial charge < -0.3 is 5.11 Å². The second-order valence-electron chi connectivity index (χ2n) is 2.84. The molecule has 0 atom stereocenters. The Morgan fingerprint density at radius 3 is 2.92 bits per heavy atom. The van der Waals surface area contributed by atoms with Gasteiger partial charge in [0, 0.05) is 11.5 Å². The number of hydrogen-bond acceptors (Lipinski definition) is 2. The highest BCUT2D eigenvalue weighted by atomic mass is 16.3. The molecule has 0 aromatic heterocycles. The fraction of sp³-hybridized carbons (Fsp3) is 0.333. The van der Waals surface area contributed by atoms with Crippen LogP contribution >= 0.6 is 0 Å². The Balaban J connectivity index is 2.71. The Hall–Kier alpha value is -1.67. The van der Waals surface area contributed by atoms with Crippen LogP contribution in [0.4, 0.5) is 0 Å². The van der Waals surface area contributed by atoms with Crippen molar-refractivity contribution in [1.82, 2.24) is 0 Å². The predicted molar refractivity (Wildman–Crippen MR) is 50.6 cm³/mol. The van der Waals surface area contributed by atoms with Crippen molar-refractivity contribution < 1.29 is 5.11 Å². The van der Waals surface area contributed by atoms with Crippen LogP contribution in [0.2, 0.25) is 0 Å². The summed E-state index contributed by atoms with van der Waals surface area (Å²) >= 11 is 0. The van der Waals surface area contributed by atoms with E-state index < -0.39 is 0 Å². The monoisotopic (exact) mass is 177 g/mol. The first-order valence-corrected chi connectivity index (χ1v) is 4.03. The lowest BCUT2D eigenvalue weighted by atomic mass is 10.1. The minimum Gasteiger partial charge on any atom is -0.508 e. The number of phenolic OH excluding ortho intramolecular Hbond substituents is 1. The Bertz CT molecular complexity index is 343. The summed E-state index contributed by atoms with van der Waals surface area (Å²) in [6.07, 6.45) is 0.580. The second kappa shape index (κ2) is 4.38. The van der Waals surface area contributed by atoms with Gasteiger partial charge in [0.05, 0.1) is 0 Å². The largest absolute Gasteiger partial charge is 0.508 e. The van der Waals surface area contributed by atoms with E-state index in [-0.39, 0.29) is 5.75 Å². The van der Waals surface area contributed by atoms with E-state index in [4.69, 9.17) is 5.53 Å². The molecule has 1 aromatic rings. The lowest BCUT2D eigenvalue weighted by Gasteiger charge is -2.02. The van der Waals surface area contributed by atoms with E-state index in [1.54, 1.807) is 6.07 Å². The third-order valence-electron chi connectivity index (χ3n) is 1.79. The maximum Gasteiger partial charge on any atom is 0.119 e. The smallest absolute Gasteiger partial charge is 0.119 e. The number of phenols is 1. The number of benzene rings is 1. The van der Waals surface area contributed by atoms with Crippen LogP contribution in [-0.2, 0) is 6.42 Å². The number of azide groups is 1. The zero-order chi connectivity index (χ0) is 9.68. The summed E-state index contributed by atoms with van der Waals surface area (Å²) < 4.78 is 0. The van der Waals surface area contributed by atoms with Gasteiger partial charge >= 0.3 is 0 Å². The van der Waals surface area contributed by atoms with Crippen molar-refractivity contribution in [2.45, 2.75) is 13.3 Å². The van der Waals surface area contributed by atoms with Crippen molar-refractivity contribution in [3.63, 3.8) is 0 Å². The van der Waals surface area contributed by atoms with E-state index in [0.717, 1.165) is 11.1 Å². The van der Waals surface area contributed by atoms with Crippen LogP contribution in [0.25, 0.3) is 10.4 Å². The fourth-order valence-electron chi connectivity index (χ4n) is 1.10. The predicted octanol–water partition coefficient (Wildman–Crippen LogP) is 2.55. The van der Waals surface area contributed by atoms with Gasteiger partial charge in [-0.3, -0.25) is 0 Å². The Morgan fingerprint density at radius 1 is 1.54 bits per heavy atom. The van der Waals surface area contributed by atoms with Crippen LogP contribution in [0.5, 0.6) is 5.75 Å². The standard InChI is InChI=1S/C9H11N3O/c1-7-2-3-8(9(13)6-7)4-5-11-12-10/h2-3,6,13H,4-5H2,1H3. The second-order valence-corrected chi connectivity index (χ2v) is 2.84. The molecule has 0 aliphatic carbocycles. The molecule has 68 valence electrons. The van der Waals surface area contributed by atoms with Crippen LogP contribution in [-0.4, -0.2) is 11.7 Å². The summed E-state index contributed by atoms with van der Waals surface area (Å²) in [5.74, 6) is 0.271. The van der Waals surface area contributed by atoms with Crippen molar-refractivity contribution >= 4 is 0 Å². The van der Waals surface area contributed by atoms with Crippen LogP contribution < -0.4 is 0 Å². The molecular weight excluding hydrogens is 166 g/mol. The third kappa shape index (κ3) is 2.69. The normalized spacial score (nSPS) is 9.31. The summed E-state index contributed by atoms with van der Waals surface area (Å²) in [6.45, 7) is 2.30. The quantitative estimate of drug-likeness (QED) is 0.430. The van der Waals surface area contributed by atoms with Gasteiger partial charge in [-0.05, 0) is 36.1 Å². The van der Waals surface area contributed by atoms with E-state index in [0.29, 0.717) is 13.0 Å². The number of aromatic hydroxyl groups is 1. The molecule has 0 aliphatic heterocycles. The Morgan fingerprint density at radius 2 is 2.31 bits per heavy atom. The Kier molecular flexibility index (Phi) is 3.17. The average molecular weight is 177 g/mol. The van der Waals surface area contributed by atoms with Gasteiger partial charge in [-0.15, -0.1) is 0 Å². The first-order chi connectivity index (χ1) is 6.24. The summed E-state index contributed by atoms with van der Waals surface area (Å²) in [6, 6.07) is 5.47. The SMILES string of the molecule is Cc1ccc(CCN=[N+]=[N-])c(O)c1. The lowest BCUT2D eigenvalue weighted by molar-refractivity contribution is 0.468. The highest BCUT2D eigenvalue weighted by Crippen LogP contribution is 2.18. The van der Waals surface area contributed by atoms with Gasteiger partial charge in [-0.25, -0.2) is 0 Å². The molecule has 0 heterocycles. The van der Waals surface area contributed by atoms with Crippen molar-refractivity contribution in [3.05, 3.63) is 39.8 Å². The van der Waals surface area contributed by atoms with E-state index >= 15 is 0 Å². The number of hydrogen-bond donors (Lipinski definition) is 1. The van der Waals surface area contributed by atoms with Crippen LogP contribution in [0.15, 0.2) is 23.3 Å². The lowest BCUT2D eigenvalue weighted by Crippen LogP contribution is -1.89. The van der Waals surface area contributed by atoms with Crippen molar-refractivity contribution in [2.24, 2.45) is 5.11 Å². The molecule has 0 saturated carbocycles. The highest BCUT2D eigenvalue weighted by Gasteiger charge is 1.99. The Labute approximate surface area is 76.5 Å².